The van der Waals surface area contributed by atoms with Crippen molar-refractivity contribution < 1.29 is 9.47 Å². The minimum Gasteiger partial charge on any atom is -0.497 e. The van der Waals surface area contributed by atoms with Gasteiger partial charge in [-0.15, -0.1) is 10.2 Å². The van der Waals surface area contributed by atoms with Gasteiger partial charge in [0.15, 0.2) is 0 Å². The van der Waals surface area contributed by atoms with Crippen LogP contribution in [0.15, 0.2) is 30.3 Å². The van der Waals surface area contributed by atoms with E-state index in [-0.39, 0.29) is 0 Å². The van der Waals surface area contributed by atoms with Crippen LogP contribution in [0.25, 0.3) is 11.3 Å². The number of hydrogen-bond acceptors (Lipinski definition) is 5. The number of ether oxygens (including phenoxy) is 2. The third kappa shape index (κ3) is 2.34. The molecule has 0 saturated heterocycles. The number of rotatable bonds is 4. The van der Waals surface area contributed by atoms with Gasteiger partial charge in [0.2, 0.25) is 0 Å². The Morgan fingerprint density at radius 3 is 2.39 bits per heavy atom. The first-order chi connectivity index (χ1) is 8.78. The molecule has 5 nitrogen and oxygen atoms in total. The summed E-state index contributed by atoms with van der Waals surface area (Å²) >= 11 is 0. The van der Waals surface area contributed by atoms with Crippen molar-refractivity contribution >= 4 is 5.82 Å². The van der Waals surface area contributed by atoms with Crippen LogP contribution in [0.5, 0.6) is 11.5 Å². The van der Waals surface area contributed by atoms with Crippen LogP contribution < -0.4 is 14.8 Å². The van der Waals surface area contributed by atoms with Gasteiger partial charge in [-0.05, 0) is 24.3 Å². The summed E-state index contributed by atoms with van der Waals surface area (Å²) in [5.41, 5.74) is 1.64. The lowest BCUT2D eigenvalue weighted by atomic mass is 10.1. The molecule has 1 N–H and O–H groups in total. The molecule has 2 rings (SSSR count). The second-order valence-corrected chi connectivity index (χ2v) is 3.62. The molecule has 0 aliphatic rings. The lowest BCUT2D eigenvalue weighted by molar-refractivity contribution is 0.395. The summed E-state index contributed by atoms with van der Waals surface area (Å²) in [6, 6.07) is 9.35. The summed E-state index contributed by atoms with van der Waals surface area (Å²) in [6.45, 7) is 0. The molecule has 5 heteroatoms. The molecule has 0 atom stereocenters. The molecular formula is C13H15N3O2. The lowest BCUT2D eigenvalue weighted by Crippen LogP contribution is -1.96. The van der Waals surface area contributed by atoms with Gasteiger partial charge >= 0.3 is 0 Å². The second-order valence-electron chi connectivity index (χ2n) is 3.62. The molecule has 1 aromatic heterocycles. The van der Waals surface area contributed by atoms with E-state index in [1.165, 1.54) is 0 Å². The Morgan fingerprint density at radius 1 is 1.00 bits per heavy atom. The van der Waals surface area contributed by atoms with Gasteiger partial charge in [0, 0.05) is 18.7 Å². The van der Waals surface area contributed by atoms with Gasteiger partial charge < -0.3 is 14.8 Å². The molecule has 0 radical (unpaired) electrons. The summed E-state index contributed by atoms with van der Waals surface area (Å²) in [7, 11) is 5.04. The number of nitrogens with one attached hydrogen (secondary N) is 1. The molecule has 0 bridgehead atoms. The Labute approximate surface area is 106 Å². The minimum absolute atomic E-state index is 0.709. The summed E-state index contributed by atoms with van der Waals surface area (Å²) in [5.74, 6) is 2.18. The van der Waals surface area contributed by atoms with Crippen LogP contribution >= 0.6 is 0 Å². The topological polar surface area (TPSA) is 56.3 Å². The van der Waals surface area contributed by atoms with Crippen LogP contribution in [-0.4, -0.2) is 31.5 Å². The fourth-order valence-corrected chi connectivity index (χ4v) is 1.62. The third-order valence-corrected chi connectivity index (χ3v) is 2.61. The third-order valence-electron chi connectivity index (χ3n) is 2.61. The molecule has 0 fully saturated rings. The fourth-order valence-electron chi connectivity index (χ4n) is 1.62. The van der Waals surface area contributed by atoms with Crippen molar-refractivity contribution in [3.63, 3.8) is 0 Å². The first-order valence-corrected chi connectivity index (χ1v) is 5.52. The van der Waals surface area contributed by atoms with Gasteiger partial charge in [-0.2, -0.15) is 0 Å². The van der Waals surface area contributed by atoms with Gasteiger partial charge in [0.1, 0.15) is 17.3 Å². The summed E-state index contributed by atoms with van der Waals surface area (Å²) < 4.78 is 10.5. The smallest absolute Gasteiger partial charge is 0.148 e. The molecule has 2 aromatic rings. The monoisotopic (exact) mass is 245 g/mol. The van der Waals surface area contributed by atoms with Crippen LogP contribution in [0.3, 0.4) is 0 Å². The van der Waals surface area contributed by atoms with Crippen LogP contribution in [0.1, 0.15) is 0 Å². The Kier molecular flexibility index (Phi) is 3.62. The van der Waals surface area contributed by atoms with E-state index in [0.29, 0.717) is 5.75 Å². The lowest BCUT2D eigenvalue weighted by Gasteiger charge is -2.09. The Morgan fingerprint density at radius 2 is 1.83 bits per heavy atom. The summed E-state index contributed by atoms with van der Waals surface area (Å²) in [4.78, 5) is 0. The zero-order chi connectivity index (χ0) is 13.0. The molecule has 0 amide bonds. The summed E-state index contributed by atoms with van der Waals surface area (Å²) in [5, 5.41) is 11.1. The zero-order valence-corrected chi connectivity index (χ0v) is 10.6. The van der Waals surface area contributed by atoms with Gasteiger partial charge in [-0.1, -0.05) is 0 Å². The normalized spacial score (nSPS) is 9.94. The van der Waals surface area contributed by atoms with Crippen LogP contribution in [0.2, 0.25) is 0 Å². The maximum Gasteiger partial charge on any atom is 0.148 e. The summed E-state index contributed by atoms with van der Waals surface area (Å²) in [6.07, 6.45) is 0. The Balaban J connectivity index is 2.42. The average molecular weight is 245 g/mol. The van der Waals surface area contributed by atoms with Crippen molar-refractivity contribution in [2.24, 2.45) is 0 Å². The number of nitrogens with zero attached hydrogens (tertiary/aromatic N) is 2. The highest BCUT2D eigenvalue weighted by atomic mass is 16.5. The maximum atomic E-state index is 5.34. The number of anilines is 1. The Bertz CT molecular complexity index is 526. The van der Waals surface area contributed by atoms with Crippen molar-refractivity contribution in [3.05, 3.63) is 30.3 Å². The molecule has 18 heavy (non-hydrogen) atoms. The minimum atomic E-state index is 0.709. The number of aromatic nitrogens is 2. The number of hydrogen-bond donors (Lipinski definition) is 1. The van der Waals surface area contributed by atoms with Crippen molar-refractivity contribution in [2.45, 2.75) is 0 Å². The standard InChI is InChI=1S/C13H15N3O2/c1-14-13-7-6-11(15-16-13)10-5-4-9(17-2)8-12(10)18-3/h4-8H,1-3H3,(H,14,16). The van der Waals surface area contributed by atoms with E-state index in [4.69, 9.17) is 9.47 Å². The van der Waals surface area contributed by atoms with Gasteiger partial charge in [0.05, 0.1) is 19.9 Å². The molecule has 0 aliphatic heterocycles. The molecular weight excluding hydrogens is 230 g/mol. The van der Waals surface area contributed by atoms with E-state index in [0.717, 1.165) is 22.8 Å². The van der Waals surface area contributed by atoms with E-state index >= 15 is 0 Å². The SMILES string of the molecule is CNc1ccc(-c2ccc(OC)cc2OC)nn1. The number of benzene rings is 1. The van der Waals surface area contributed by atoms with E-state index in [1.54, 1.807) is 21.3 Å². The van der Waals surface area contributed by atoms with E-state index < -0.39 is 0 Å². The first-order valence-electron chi connectivity index (χ1n) is 5.52. The van der Waals surface area contributed by atoms with Gasteiger partial charge in [0.25, 0.3) is 0 Å². The van der Waals surface area contributed by atoms with E-state index in [1.807, 2.05) is 30.3 Å². The Hall–Kier alpha value is -2.30. The molecule has 0 aliphatic carbocycles. The van der Waals surface area contributed by atoms with E-state index in [9.17, 15) is 0 Å². The average Bonchev–Trinajstić information content (AvgIpc) is 2.46. The first kappa shape index (κ1) is 12.2. The number of methoxy groups -OCH3 is 2. The quantitative estimate of drug-likeness (QED) is 0.895. The fraction of sp³-hybridized carbons (Fsp3) is 0.231. The highest BCUT2D eigenvalue weighted by Crippen LogP contribution is 2.31. The van der Waals surface area contributed by atoms with Crippen molar-refractivity contribution in [1.82, 2.24) is 10.2 Å². The maximum absolute atomic E-state index is 5.34. The van der Waals surface area contributed by atoms with Crippen molar-refractivity contribution in [1.29, 1.82) is 0 Å². The predicted molar refractivity (Wildman–Crippen MR) is 70.1 cm³/mol. The van der Waals surface area contributed by atoms with Crippen molar-refractivity contribution in [2.75, 3.05) is 26.6 Å². The molecule has 1 heterocycles. The second kappa shape index (κ2) is 5.35. The molecule has 0 spiro atoms. The molecule has 94 valence electrons. The van der Waals surface area contributed by atoms with Crippen LogP contribution in [0, 0.1) is 0 Å². The van der Waals surface area contributed by atoms with Crippen LogP contribution in [-0.2, 0) is 0 Å². The molecule has 0 unspecified atom stereocenters. The highest BCUT2D eigenvalue weighted by molar-refractivity contribution is 5.68. The van der Waals surface area contributed by atoms with E-state index in [2.05, 4.69) is 15.5 Å². The largest absolute Gasteiger partial charge is 0.497 e. The predicted octanol–water partition coefficient (Wildman–Crippen LogP) is 2.20. The zero-order valence-electron chi connectivity index (χ0n) is 10.6. The highest BCUT2D eigenvalue weighted by Gasteiger charge is 2.09. The molecule has 0 saturated carbocycles. The van der Waals surface area contributed by atoms with Gasteiger partial charge in [-0.25, -0.2) is 0 Å². The van der Waals surface area contributed by atoms with Gasteiger partial charge in [-0.3, -0.25) is 0 Å². The van der Waals surface area contributed by atoms with Crippen molar-refractivity contribution in [3.8, 4) is 22.8 Å². The van der Waals surface area contributed by atoms with Crippen LogP contribution in [0.4, 0.5) is 5.82 Å². The molecule has 1 aromatic carbocycles.